The van der Waals surface area contributed by atoms with E-state index in [-0.39, 0.29) is 11.7 Å². The summed E-state index contributed by atoms with van der Waals surface area (Å²) >= 11 is 0. The van der Waals surface area contributed by atoms with Crippen LogP contribution in [0.25, 0.3) is 10.9 Å². The van der Waals surface area contributed by atoms with E-state index in [1.165, 1.54) is 28.9 Å². The molecule has 6 rings (SSSR count). The smallest absolute Gasteiger partial charge is 0.272 e. The molecule has 196 valence electrons. The lowest BCUT2D eigenvalue weighted by Gasteiger charge is -2.31. The summed E-state index contributed by atoms with van der Waals surface area (Å²) in [4.78, 5) is 20.3. The van der Waals surface area contributed by atoms with Crippen LogP contribution >= 0.6 is 0 Å². The van der Waals surface area contributed by atoms with Gasteiger partial charge in [0.2, 0.25) is 0 Å². The van der Waals surface area contributed by atoms with Gasteiger partial charge in [-0.2, -0.15) is 0 Å². The van der Waals surface area contributed by atoms with Crippen molar-refractivity contribution in [3.05, 3.63) is 114 Å². The van der Waals surface area contributed by atoms with Crippen LogP contribution < -0.4 is 20.6 Å². The summed E-state index contributed by atoms with van der Waals surface area (Å²) in [5, 5.41) is 6.67. The van der Waals surface area contributed by atoms with Gasteiger partial charge in [-0.05, 0) is 48.4 Å². The number of carbonyl (C=O) groups is 1. The first kappa shape index (κ1) is 25.1. The molecule has 3 aromatic carbocycles. The fourth-order valence-electron chi connectivity index (χ4n) is 5.25. The van der Waals surface area contributed by atoms with Crippen LogP contribution in [-0.2, 0) is 6.54 Å². The fraction of sp³-hybridized carbons (Fsp3) is 0.188. The highest BCUT2D eigenvalue weighted by Crippen LogP contribution is 2.24. The van der Waals surface area contributed by atoms with Crippen molar-refractivity contribution in [2.24, 2.45) is 0 Å². The molecule has 5 nitrogen and oxygen atoms in total. The zero-order valence-corrected chi connectivity index (χ0v) is 23.2. The van der Waals surface area contributed by atoms with Gasteiger partial charge in [-0.1, -0.05) is 78.1 Å². The molecular weight excluding hydrogens is 503 g/mol. The molecule has 1 N–H and O–H groups in total. The van der Waals surface area contributed by atoms with Crippen LogP contribution in [0.2, 0.25) is 13.1 Å². The van der Waals surface area contributed by atoms with Crippen LogP contribution in [-0.4, -0.2) is 36.6 Å². The van der Waals surface area contributed by atoms with Crippen molar-refractivity contribution >= 4 is 46.8 Å². The third-order valence-electron chi connectivity index (χ3n) is 7.77. The van der Waals surface area contributed by atoms with Crippen molar-refractivity contribution in [1.82, 2.24) is 9.55 Å². The van der Waals surface area contributed by atoms with E-state index in [1.807, 2.05) is 34.9 Å². The van der Waals surface area contributed by atoms with E-state index in [0.717, 1.165) is 35.4 Å². The van der Waals surface area contributed by atoms with Crippen LogP contribution in [0.5, 0.6) is 0 Å². The summed E-state index contributed by atoms with van der Waals surface area (Å²) in [5.41, 5.74) is 2.91. The van der Waals surface area contributed by atoms with E-state index in [1.54, 1.807) is 12.3 Å². The highest BCUT2D eigenvalue weighted by molar-refractivity contribution is 7.00. The van der Waals surface area contributed by atoms with Gasteiger partial charge < -0.3 is 14.8 Å². The Bertz CT molecular complexity index is 1640. The number of anilines is 2. The molecule has 1 saturated heterocycles. The number of fused-ring (bicyclic) bond motifs is 1. The van der Waals surface area contributed by atoms with E-state index in [4.69, 9.17) is 0 Å². The molecule has 0 radical (unpaired) electrons. The lowest BCUT2D eigenvalue weighted by Crippen LogP contribution is -2.52. The maximum absolute atomic E-state index is 14.0. The minimum absolute atomic E-state index is 0.220. The monoisotopic (exact) mass is 534 g/mol. The highest BCUT2D eigenvalue weighted by Gasteiger charge is 2.27. The number of nitrogens with one attached hydrogen (secondary N) is 1. The molecular formula is C32H31FN4OSi. The van der Waals surface area contributed by atoms with E-state index in [0.29, 0.717) is 17.9 Å². The summed E-state index contributed by atoms with van der Waals surface area (Å²) in [7, 11) is -1.94. The Morgan fingerprint density at radius 1 is 0.923 bits per heavy atom. The van der Waals surface area contributed by atoms with Crippen molar-refractivity contribution in [3.8, 4) is 0 Å². The van der Waals surface area contributed by atoms with Gasteiger partial charge in [-0.3, -0.25) is 4.79 Å². The molecule has 0 saturated carbocycles. The topological polar surface area (TPSA) is 50.2 Å². The van der Waals surface area contributed by atoms with E-state index >= 15 is 0 Å². The van der Waals surface area contributed by atoms with Crippen molar-refractivity contribution in [2.45, 2.75) is 26.1 Å². The van der Waals surface area contributed by atoms with Crippen molar-refractivity contribution < 1.29 is 9.18 Å². The Labute approximate surface area is 228 Å². The number of amides is 1. The average Bonchev–Trinajstić information content (AvgIpc) is 3.27. The Kier molecular flexibility index (Phi) is 6.52. The minimum Gasteiger partial charge on any atom is -0.356 e. The van der Waals surface area contributed by atoms with Gasteiger partial charge in [0.1, 0.15) is 25.4 Å². The first-order valence-electron chi connectivity index (χ1n) is 13.3. The summed E-state index contributed by atoms with van der Waals surface area (Å²) < 4.78 is 16.0. The molecule has 1 aliphatic rings. The second-order valence-electron chi connectivity index (χ2n) is 10.7. The van der Waals surface area contributed by atoms with Crippen LogP contribution in [0, 0.1) is 5.82 Å². The third kappa shape index (κ3) is 4.97. The molecule has 39 heavy (non-hydrogen) atoms. The maximum atomic E-state index is 14.0. The lowest BCUT2D eigenvalue weighted by atomic mass is 10.2. The van der Waals surface area contributed by atoms with Gasteiger partial charge in [0.05, 0.1) is 11.9 Å². The maximum Gasteiger partial charge on any atom is 0.272 e. The number of hydrogen-bond acceptors (Lipinski definition) is 3. The van der Waals surface area contributed by atoms with Gasteiger partial charge in [0, 0.05) is 30.5 Å². The number of halogens is 1. The van der Waals surface area contributed by atoms with Gasteiger partial charge >= 0.3 is 0 Å². The molecule has 0 spiro atoms. The van der Waals surface area contributed by atoms with Crippen LogP contribution in [0.1, 0.15) is 22.5 Å². The summed E-state index contributed by atoms with van der Waals surface area (Å²) in [5.74, 6) is 0.417. The summed E-state index contributed by atoms with van der Waals surface area (Å²) in [6.07, 6.45) is 2.89. The minimum atomic E-state index is -1.94. The van der Waals surface area contributed by atoms with Gasteiger partial charge in [-0.15, -0.1) is 0 Å². The Morgan fingerprint density at radius 2 is 1.74 bits per heavy atom. The molecule has 7 heteroatoms. The number of nitrogens with zero attached hydrogens (tertiary/aromatic N) is 3. The average molecular weight is 535 g/mol. The van der Waals surface area contributed by atoms with Gasteiger partial charge in [-0.25, -0.2) is 9.37 Å². The van der Waals surface area contributed by atoms with Crippen molar-refractivity contribution in [2.75, 3.05) is 23.3 Å². The molecule has 0 bridgehead atoms. The second-order valence-corrected chi connectivity index (χ2v) is 15.1. The van der Waals surface area contributed by atoms with Gasteiger partial charge in [0.25, 0.3) is 5.91 Å². The van der Waals surface area contributed by atoms with Crippen molar-refractivity contribution in [3.63, 3.8) is 0 Å². The largest absolute Gasteiger partial charge is 0.356 e. The van der Waals surface area contributed by atoms with Crippen LogP contribution in [0.4, 0.5) is 15.9 Å². The molecule has 3 heterocycles. The number of pyridine rings is 1. The molecule has 0 aliphatic carbocycles. The SMILES string of the molecule is C[Si](C)(c1ccccc1)c1ccc2c(c1)cc(C(=O)Nc1ccc(N3CCC3)nc1)n2Cc1cccc(F)c1. The molecule has 0 unspecified atom stereocenters. The Balaban J connectivity index is 1.37. The molecule has 2 aromatic heterocycles. The zero-order chi connectivity index (χ0) is 27.0. The number of hydrogen-bond donors (Lipinski definition) is 1. The molecule has 0 atom stereocenters. The molecule has 1 fully saturated rings. The quantitative estimate of drug-likeness (QED) is 0.280. The fourth-order valence-corrected chi connectivity index (χ4v) is 7.62. The molecule has 1 aliphatic heterocycles. The van der Waals surface area contributed by atoms with E-state index in [2.05, 4.69) is 70.8 Å². The second kappa shape index (κ2) is 10.1. The molecule has 1 amide bonds. The van der Waals surface area contributed by atoms with Gasteiger partial charge in [0.15, 0.2) is 0 Å². The molecule has 5 aromatic rings. The Morgan fingerprint density at radius 3 is 2.44 bits per heavy atom. The summed E-state index contributed by atoms with van der Waals surface area (Å²) in [6.45, 7) is 7.11. The van der Waals surface area contributed by atoms with E-state index < -0.39 is 8.07 Å². The predicted molar refractivity (Wildman–Crippen MR) is 160 cm³/mol. The Hall–Kier alpha value is -4.23. The number of aromatic nitrogens is 2. The highest BCUT2D eigenvalue weighted by atomic mass is 28.3. The number of benzene rings is 3. The predicted octanol–water partition coefficient (Wildman–Crippen LogP) is 5.51. The normalized spacial score (nSPS) is 13.4. The van der Waals surface area contributed by atoms with E-state index in [9.17, 15) is 9.18 Å². The standard InChI is InChI=1S/C32H31FN4OSi/c1-39(2,27-10-4-3-5-11-27)28-13-14-29-24(19-28)20-30(37(29)22-23-8-6-9-25(33)18-23)32(38)35-26-12-15-31(34-21-26)36-16-7-17-36/h3-6,8-15,18-21H,7,16-17,22H2,1-2H3,(H,35,38). The van der Waals surface area contributed by atoms with Crippen LogP contribution in [0.3, 0.4) is 0 Å². The van der Waals surface area contributed by atoms with Crippen molar-refractivity contribution in [1.29, 1.82) is 0 Å². The first-order valence-corrected chi connectivity index (χ1v) is 16.3. The first-order chi connectivity index (χ1) is 18.9. The number of rotatable bonds is 7. The zero-order valence-electron chi connectivity index (χ0n) is 22.2. The summed E-state index contributed by atoms with van der Waals surface area (Å²) in [6, 6.07) is 29.5. The van der Waals surface area contributed by atoms with Crippen LogP contribution in [0.15, 0.2) is 97.2 Å². The third-order valence-corrected chi connectivity index (χ3v) is 11.3. The lowest BCUT2D eigenvalue weighted by molar-refractivity contribution is 0.101. The number of carbonyl (C=O) groups excluding carboxylic acids is 1.